The van der Waals surface area contributed by atoms with Gasteiger partial charge in [0.05, 0.1) is 5.41 Å². The van der Waals surface area contributed by atoms with Crippen molar-refractivity contribution >= 4 is 25.4 Å². The fourth-order valence-electron chi connectivity index (χ4n) is 3.02. The Morgan fingerprint density at radius 1 is 1.23 bits per heavy atom. The smallest absolute Gasteiger partial charge is 0.437 e. The summed E-state index contributed by atoms with van der Waals surface area (Å²) >= 11 is 6.33. The first kappa shape index (κ1) is 33.5. The van der Waals surface area contributed by atoms with E-state index in [2.05, 4.69) is 0 Å². The van der Waals surface area contributed by atoms with Crippen LogP contribution in [0.15, 0.2) is 21.9 Å². The summed E-state index contributed by atoms with van der Waals surface area (Å²) in [5.74, 6) is -3.90. The van der Waals surface area contributed by atoms with Crippen LogP contribution in [-0.4, -0.2) is 69.0 Å². The Morgan fingerprint density at radius 2 is 1.82 bits per heavy atom. The summed E-state index contributed by atoms with van der Waals surface area (Å²) in [5, 5.41) is 20.6. The second-order valence-electron chi connectivity index (χ2n) is 11.1. The summed E-state index contributed by atoms with van der Waals surface area (Å²) in [7, 11) is -4.81. The minimum Gasteiger partial charge on any atom is -0.437 e. The number of phosphoric ester groups is 1. The second kappa shape index (κ2) is 12.0. The van der Waals surface area contributed by atoms with Crippen LogP contribution < -0.4 is 11.2 Å². The predicted molar refractivity (Wildman–Crippen MR) is 133 cm³/mol. The average Bonchev–Trinajstić information content (AvgIpc) is 2.97. The van der Waals surface area contributed by atoms with Crippen molar-refractivity contribution in [2.75, 3.05) is 20.2 Å². The molecule has 224 valence electrons. The predicted octanol–water partition coefficient (Wildman–Crippen LogP) is 2.13. The van der Waals surface area contributed by atoms with Crippen LogP contribution in [0.2, 0.25) is 0 Å². The first-order chi connectivity index (χ1) is 17.6. The van der Waals surface area contributed by atoms with Crippen LogP contribution in [0, 0.1) is 10.8 Å². The molecule has 3 N–H and O–H groups in total. The molecular weight excluding hydrogens is 570 g/mol. The van der Waals surface area contributed by atoms with Crippen LogP contribution in [-0.2, 0) is 37.1 Å². The average molecular weight is 605 g/mol. The highest BCUT2D eigenvalue weighted by Gasteiger charge is 2.63. The van der Waals surface area contributed by atoms with Gasteiger partial charge in [-0.05, 0) is 27.7 Å². The standard InChI is InChI=1S/C22H35ClFN2O12P/c1-19(2,3)16(29)33-11-36-39(32,37-12-34-17(30)20(4,5)6)35-10-22(24)14(28)21(7,23)15(38-22)26-9-8-13(27)25-18(26)31/h8-9,14-16,28-29H,10-12H2,1-7H3,(H,25,27,31)/t14-,15+,16?,21+,22+,39?/m0/s1. The number of rotatable bonds is 11. The molecule has 2 unspecified atom stereocenters. The molecule has 0 amide bonds. The van der Waals surface area contributed by atoms with Gasteiger partial charge in [0.25, 0.3) is 11.4 Å². The number of phosphoric acid groups is 1. The third-order valence-electron chi connectivity index (χ3n) is 5.45. The Hall–Kier alpha value is -1.68. The number of aliphatic hydroxyl groups excluding tert-OH is 2. The van der Waals surface area contributed by atoms with Crippen LogP contribution in [0.5, 0.6) is 0 Å². The molecule has 1 aromatic heterocycles. The lowest BCUT2D eigenvalue weighted by molar-refractivity contribution is -0.212. The van der Waals surface area contributed by atoms with E-state index in [0.717, 1.165) is 16.8 Å². The van der Waals surface area contributed by atoms with Crippen molar-refractivity contribution in [1.29, 1.82) is 0 Å². The second-order valence-corrected chi connectivity index (χ2v) is 13.6. The number of nitrogens with one attached hydrogen (secondary N) is 1. The number of hydrogen-bond acceptors (Lipinski definition) is 12. The van der Waals surface area contributed by atoms with Crippen LogP contribution in [0.4, 0.5) is 4.39 Å². The molecule has 0 radical (unpaired) electrons. The monoisotopic (exact) mass is 604 g/mol. The van der Waals surface area contributed by atoms with E-state index in [-0.39, 0.29) is 0 Å². The van der Waals surface area contributed by atoms with Gasteiger partial charge < -0.3 is 24.4 Å². The van der Waals surface area contributed by atoms with E-state index in [0.29, 0.717) is 0 Å². The van der Waals surface area contributed by atoms with Crippen molar-refractivity contribution in [3.05, 3.63) is 33.1 Å². The van der Waals surface area contributed by atoms with Crippen molar-refractivity contribution in [2.45, 2.75) is 77.8 Å². The van der Waals surface area contributed by atoms with E-state index < -0.39 is 85.4 Å². The Kier molecular flexibility index (Phi) is 10.4. The molecule has 2 rings (SSSR count). The number of aromatic amines is 1. The summed E-state index contributed by atoms with van der Waals surface area (Å²) in [5.41, 5.74) is -3.41. The molecular formula is C22H35ClFN2O12P. The molecule has 14 nitrogen and oxygen atoms in total. The molecule has 17 heteroatoms. The van der Waals surface area contributed by atoms with Crippen molar-refractivity contribution in [3.63, 3.8) is 0 Å². The van der Waals surface area contributed by atoms with E-state index in [4.69, 9.17) is 39.4 Å². The van der Waals surface area contributed by atoms with E-state index >= 15 is 4.39 Å². The third kappa shape index (κ3) is 8.41. The minimum atomic E-state index is -4.81. The van der Waals surface area contributed by atoms with Gasteiger partial charge in [-0.25, -0.2) is 18.3 Å². The van der Waals surface area contributed by atoms with Gasteiger partial charge in [-0.1, -0.05) is 20.8 Å². The molecule has 1 aliphatic heterocycles. The van der Waals surface area contributed by atoms with Gasteiger partial charge in [-0.15, -0.1) is 11.6 Å². The highest BCUT2D eigenvalue weighted by molar-refractivity contribution is 7.48. The summed E-state index contributed by atoms with van der Waals surface area (Å²) in [4.78, 5) is 35.6. The summed E-state index contributed by atoms with van der Waals surface area (Å²) in [6.07, 6.45) is -4.19. The lowest BCUT2D eigenvalue weighted by Gasteiger charge is -2.28. The summed E-state index contributed by atoms with van der Waals surface area (Å²) in [6, 6.07) is 0.958. The SMILES string of the molecule is CC(C)(C)C(=O)OCOP(=O)(OCOC(O)C(C)(C)C)OC[C@@]1(F)O[C@@H](n2ccc(=O)[nH]c2=O)[C@](C)(Cl)[C@@H]1O. The van der Waals surface area contributed by atoms with E-state index in [1.165, 1.54) is 6.92 Å². The van der Waals surface area contributed by atoms with Gasteiger partial charge in [-0.3, -0.25) is 28.2 Å². The summed E-state index contributed by atoms with van der Waals surface area (Å²) in [6.45, 7) is 7.70. The number of carbonyl (C=O) groups is 1. The van der Waals surface area contributed by atoms with Crippen molar-refractivity contribution in [3.8, 4) is 0 Å². The van der Waals surface area contributed by atoms with Crippen LogP contribution in [0.3, 0.4) is 0 Å². The number of nitrogens with zero attached hydrogens (tertiary/aromatic N) is 1. The van der Waals surface area contributed by atoms with Crippen LogP contribution in [0.1, 0.15) is 54.7 Å². The summed E-state index contributed by atoms with van der Waals surface area (Å²) < 4.78 is 60.0. The fraction of sp³-hybridized carbons (Fsp3) is 0.773. The number of H-pyrrole nitrogens is 1. The van der Waals surface area contributed by atoms with Gasteiger partial charge in [-0.2, -0.15) is 0 Å². The topological polar surface area (TPSA) is 185 Å². The van der Waals surface area contributed by atoms with Gasteiger partial charge in [0.2, 0.25) is 6.79 Å². The number of hydrogen-bond donors (Lipinski definition) is 3. The Bertz CT molecular complexity index is 1180. The zero-order valence-electron chi connectivity index (χ0n) is 22.6. The molecule has 2 heterocycles. The first-order valence-corrected chi connectivity index (χ1v) is 13.5. The van der Waals surface area contributed by atoms with E-state index in [1.54, 1.807) is 41.5 Å². The van der Waals surface area contributed by atoms with E-state index in [1.807, 2.05) is 4.98 Å². The Labute approximate surface area is 228 Å². The third-order valence-corrected chi connectivity index (χ3v) is 7.13. The Morgan fingerprint density at radius 3 is 2.36 bits per heavy atom. The molecule has 0 aromatic carbocycles. The quantitative estimate of drug-likeness (QED) is 0.145. The maximum atomic E-state index is 15.8. The molecule has 39 heavy (non-hydrogen) atoms. The number of carbonyl (C=O) groups excluding carboxylic acids is 1. The van der Waals surface area contributed by atoms with Crippen molar-refractivity contribution < 1.29 is 51.7 Å². The number of esters is 1. The van der Waals surface area contributed by atoms with Gasteiger partial charge >= 0.3 is 19.5 Å². The normalized spacial score (nSPS) is 28.2. The fourth-order valence-corrected chi connectivity index (χ4v) is 4.27. The van der Waals surface area contributed by atoms with E-state index in [9.17, 15) is 29.2 Å². The highest BCUT2D eigenvalue weighted by Crippen LogP contribution is 2.54. The molecule has 0 spiro atoms. The molecule has 1 aromatic rings. The largest absolute Gasteiger partial charge is 0.480 e. The lowest BCUT2D eigenvalue weighted by atomic mass is 9.96. The molecule has 0 bridgehead atoms. The first-order valence-electron chi connectivity index (χ1n) is 11.7. The molecule has 1 fully saturated rings. The maximum Gasteiger partial charge on any atom is 0.480 e. The maximum absolute atomic E-state index is 15.8. The molecule has 1 aliphatic rings. The Balaban J connectivity index is 2.21. The zero-order chi connectivity index (χ0) is 30.0. The van der Waals surface area contributed by atoms with Gasteiger partial charge in [0, 0.05) is 17.7 Å². The highest BCUT2D eigenvalue weighted by atomic mass is 35.5. The number of aliphatic hydroxyl groups is 2. The van der Waals surface area contributed by atoms with Crippen LogP contribution >= 0.6 is 19.4 Å². The molecule has 0 aliphatic carbocycles. The lowest BCUT2D eigenvalue weighted by Crippen LogP contribution is -2.46. The van der Waals surface area contributed by atoms with Crippen LogP contribution in [0.25, 0.3) is 0 Å². The van der Waals surface area contributed by atoms with Gasteiger partial charge in [0.15, 0.2) is 19.3 Å². The number of ether oxygens (including phenoxy) is 3. The molecule has 0 saturated carbocycles. The number of halogens is 2. The molecule has 1 saturated heterocycles. The molecule has 6 atom stereocenters. The number of alkyl halides is 2. The van der Waals surface area contributed by atoms with Crippen molar-refractivity contribution in [2.24, 2.45) is 10.8 Å². The van der Waals surface area contributed by atoms with Gasteiger partial charge in [0.1, 0.15) is 17.6 Å². The zero-order valence-corrected chi connectivity index (χ0v) is 24.3. The number of aromatic nitrogens is 2. The minimum absolute atomic E-state index is 0.725. The van der Waals surface area contributed by atoms with Crippen molar-refractivity contribution in [1.82, 2.24) is 9.55 Å².